The molecule has 1 amide bonds. The van der Waals surface area contributed by atoms with Gasteiger partial charge in [0, 0.05) is 13.1 Å². The van der Waals surface area contributed by atoms with Crippen molar-refractivity contribution in [3.63, 3.8) is 0 Å². The monoisotopic (exact) mass is 208 g/mol. The lowest BCUT2D eigenvalue weighted by Crippen LogP contribution is -2.45. The largest absolute Gasteiger partial charge is 0.341 e. The van der Waals surface area contributed by atoms with Crippen LogP contribution in [0.2, 0.25) is 0 Å². The van der Waals surface area contributed by atoms with Crippen molar-refractivity contribution in [3.8, 4) is 6.07 Å². The Morgan fingerprint density at radius 2 is 2.27 bits per heavy atom. The number of nitrogens with zero attached hydrogens (tertiary/aromatic N) is 2. The van der Waals surface area contributed by atoms with Gasteiger partial charge in [0.15, 0.2) is 0 Å². The predicted octanol–water partition coefficient (Wildman–Crippen LogP) is 2.18. The van der Waals surface area contributed by atoms with Crippen LogP contribution >= 0.6 is 0 Å². The molecule has 1 fully saturated rings. The molecule has 1 saturated heterocycles. The van der Waals surface area contributed by atoms with Crippen LogP contribution in [0.4, 0.5) is 0 Å². The maximum absolute atomic E-state index is 12.0. The van der Waals surface area contributed by atoms with E-state index in [0.29, 0.717) is 6.42 Å². The van der Waals surface area contributed by atoms with E-state index in [0.717, 1.165) is 19.5 Å². The van der Waals surface area contributed by atoms with Gasteiger partial charge in [0.2, 0.25) is 5.91 Å². The number of nitriles is 1. The van der Waals surface area contributed by atoms with Crippen molar-refractivity contribution in [2.24, 2.45) is 11.3 Å². The summed E-state index contributed by atoms with van der Waals surface area (Å²) >= 11 is 0. The second-order valence-corrected chi connectivity index (χ2v) is 5.12. The van der Waals surface area contributed by atoms with Gasteiger partial charge in [-0.3, -0.25) is 4.79 Å². The van der Waals surface area contributed by atoms with Gasteiger partial charge in [-0.1, -0.05) is 20.8 Å². The first kappa shape index (κ1) is 12.0. The van der Waals surface area contributed by atoms with Gasteiger partial charge in [0.25, 0.3) is 0 Å². The molecule has 0 radical (unpaired) electrons. The van der Waals surface area contributed by atoms with Crippen LogP contribution < -0.4 is 0 Å². The maximum atomic E-state index is 12.0. The molecular weight excluding hydrogens is 188 g/mol. The van der Waals surface area contributed by atoms with Crippen LogP contribution in [0.25, 0.3) is 0 Å². The molecule has 0 aromatic rings. The van der Waals surface area contributed by atoms with Gasteiger partial charge in [-0.05, 0) is 24.7 Å². The van der Waals surface area contributed by atoms with E-state index in [1.54, 1.807) is 0 Å². The number of carbonyl (C=O) groups excluding carboxylic acids is 1. The summed E-state index contributed by atoms with van der Waals surface area (Å²) in [6.07, 6.45) is 2.84. The minimum atomic E-state index is -0.445. The molecule has 1 aliphatic rings. The number of hydrogen-bond donors (Lipinski definition) is 0. The number of piperidine rings is 1. The number of carbonyl (C=O) groups is 1. The number of amides is 1. The molecule has 0 bridgehead atoms. The maximum Gasteiger partial charge on any atom is 0.239 e. The summed E-state index contributed by atoms with van der Waals surface area (Å²) < 4.78 is 0. The average Bonchev–Trinajstić information content (AvgIpc) is 2.18. The van der Waals surface area contributed by atoms with Crippen LogP contribution in [-0.2, 0) is 4.79 Å². The zero-order valence-corrected chi connectivity index (χ0v) is 9.92. The van der Waals surface area contributed by atoms with Crippen molar-refractivity contribution in [2.45, 2.75) is 40.0 Å². The van der Waals surface area contributed by atoms with Crippen LogP contribution in [0.15, 0.2) is 0 Å². The van der Waals surface area contributed by atoms with Crippen molar-refractivity contribution in [1.29, 1.82) is 5.26 Å². The van der Waals surface area contributed by atoms with Gasteiger partial charge in [0.1, 0.15) is 5.92 Å². The molecule has 0 aromatic heterocycles. The molecule has 0 N–H and O–H groups in total. The van der Waals surface area contributed by atoms with E-state index in [9.17, 15) is 4.79 Å². The van der Waals surface area contributed by atoms with Gasteiger partial charge in [-0.15, -0.1) is 0 Å². The minimum absolute atomic E-state index is 0.0211. The Morgan fingerprint density at radius 1 is 1.60 bits per heavy atom. The Labute approximate surface area is 92.1 Å². The molecule has 15 heavy (non-hydrogen) atoms. The van der Waals surface area contributed by atoms with Crippen molar-refractivity contribution < 1.29 is 4.79 Å². The first-order valence-electron chi connectivity index (χ1n) is 5.68. The van der Waals surface area contributed by atoms with Crippen molar-refractivity contribution in [1.82, 2.24) is 4.90 Å². The molecule has 0 saturated carbocycles. The lowest BCUT2D eigenvalue weighted by atomic mass is 9.83. The summed E-state index contributed by atoms with van der Waals surface area (Å²) in [5.74, 6) is -0.424. The van der Waals surface area contributed by atoms with Crippen LogP contribution in [0.5, 0.6) is 0 Å². The number of rotatable bonds is 2. The third-order valence-electron chi connectivity index (χ3n) is 3.07. The fraction of sp³-hybridized carbons (Fsp3) is 0.833. The summed E-state index contributed by atoms with van der Waals surface area (Å²) in [5, 5.41) is 8.86. The highest BCUT2D eigenvalue weighted by Gasteiger charge is 2.31. The van der Waals surface area contributed by atoms with E-state index in [4.69, 9.17) is 5.26 Å². The molecule has 1 unspecified atom stereocenters. The van der Waals surface area contributed by atoms with E-state index in [1.807, 2.05) is 11.8 Å². The molecule has 3 nitrogen and oxygen atoms in total. The predicted molar refractivity (Wildman–Crippen MR) is 59.0 cm³/mol. The molecule has 1 atom stereocenters. The highest BCUT2D eigenvalue weighted by Crippen LogP contribution is 2.29. The molecule has 1 rings (SSSR count). The molecule has 84 valence electrons. The summed E-state index contributed by atoms with van der Waals surface area (Å²) in [6.45, 7) is 7.87. The zero-order chi connectivity index (χ0) is 11.5. The van der Waals surface area contributed by atoms with Gasteiger partial charge in [0.05, 0.1) is 6.07 Å². The second kappa shape index (κ2) is 4.65. The average molecular weight is 208 g/mol. The van der Waals surface area contributed by atoms with Crippen molar-refractivity contribution >= 4 is 5.91 Å². The molecule has 1 aliphatic heterocycles. The third kappa shape index (κ3) is 2.95. The fourth-order valence-electron chi connectivity index (χ4n) is 2.15. The smallest absolute Gasteiger partial charge is 0.239 e. The first-order valence-corrected chi connectivity index (χ1v) is 5.68. The summed E-state index contributed by atoms with van der Waals surface area (Å²) in [4.78, 5) is 13.8. The Balaban J connectivity index is 2.64. The second-order valence-electron chi connectivity index (χ2n) is 5.12. The van der Waals surface area contributed by atoms with E-state index < -0.39 is 5.92 Å². The highest BCUT2D eigenvalue weighted by molar-refractivity contribution is 5.81. The molecule has 0 spiro atoms. The van der Waals surface area contributed by atoms with Gasteiger partial charge < -0.3 is 4.90 Å². The SMILES string of the molecule is CCC(C#N)C(=O)N1CCCC(C)(C)C1. The lowest BCUT2D eigenvalue weighted by Gasteiger charge is -2.38. The summed E-state index contributed by atoms with van der Waals surface area (Å²) in [5.41, 5.74) is 0.210. The topological polar surface area (TPSA) is 44.1 Å². The Bertz CT molecular complexity index is 278. The summed E-state index contributed by atoms with van der Waals surface area (Å²) in [6, 6.07) is 2.08. The van der Waals surface area contributed by atoms with Crippen LogP contribution in [0.3, 0.4) is 0 Å². The van der Waals surface area contributed by atoms with Gasteiger partial charge in [-0.2, -0.15) is 5.26 Å². The van der Waals surface area contributed by atoms with Gasteiger partial charge in [-0.25, -0.2) is 0 Å². The quantitative estimate of drug-likeness (QED) is 0.698. The Hall–Kier alpha value is -1.04. The van der Waals surface area contributed by atoms with Gasteiger partial charge >= 0.3 is 0 Å². The number of likely N-dealkylation sites (tertiary alicyclic amines) is 1. The highest BCUT2D eigenvalue weighted by atomic mass is 16.2. The molecule has 0 aliphatic carbocycles. The Morgan fingerprint density at radius 3 is 2.73 bits per heavy atom. The molecule has 3 heteroatoms. The van der Waals surface area contributed by atoms with E-state index >= 15 is 0 Å². The summed E-state index contributed by atoms with van der Waals surface area (Å²) in [7, 11) is 0. The Kier molecular flexibility index (Phi) is 3.73. The normalized spacial score (nSPS) is 21.9. The zero-order valence-electron chi connectivity index (χ0n) is 9.92. The third-order valence-corrected chi connectivity index (χ3v) is 3.07. The molecular formula is C12H20N2O. The van der Waals surface area contributed by atoms with Crippen molar-refractivity contribution in [3.05, 3.63) is 0 Å². The van der Waals surface area contributed by atoms with Crippen LogP contribution in [0, 0.1) is 22.7 Å². The van der Waals surface area contributed by atoms with E-state index in [2.05, 4.69) is 19.9 Å². The standard InChI is InChI=1S/C12H20N2O/c1-4-10(8-13)11(15)14-7-5-6-12(2,3)9-14/h10H,4-7,9H2,1-3H3. The van der Waals surface area contributed by atoms with Crippen LogP contribution in [-0.4, -0.2) is 23.9 Å². The van der Waals surface area contributed by atoms with E-state index in [1.165, 1.54) is 6.42 Å². The van der Waals surface area contributed by atoms with Crippen LogP contribution in [0.1, 0.15) is 40.0 Å². The number of hydrogen-bond acceptors (Lipinski definition) is 2. The van der Waals surface area contributed by atoms with Crippen molar-refractivity contribution in [2.75, 3.05) is 13.1 Å². The fourth-order valence-corrected chi connectivity index (χ4v) is 2.15. The minimum Gasteiger partial charge on any atom is -0.341 e. The first-order chi connectivity index (χ1) is 7.00. The molecule has 0 aromatic carbocycles. The lowest BCUT2D eigenvalue weighted by molar-refractivity contribution is -0.136. The van der Waals surface area contributed by atoms with E-state index in [-0.39, 0.29) is 11.3 Å². The molecule has 1 heterocycles.